The van der Waals surface area contributed by atoms with Crippen molar-refractivity contribution in [2.24, 2.45) is 0 Å². The van der Waals surface area contributed by atoms with Gasteiger partial charge in [0.15, 0.2) is 6.61 Å². The zero-order valence-corrected chi connectivity index (χ0v) is 15.2. The van der Waals surface area contributed by atoms with Crippen LogP contribution in [0.3, 0.4) is 0 Å². The van der Waals surface area contributed by atoms with Crippen LogP contribution in [0.5, 0.6) is 11.5 Å². The first-order valence-corrected chi connectivity index (χ1v) is 8.71. The molecule has 1 amide bonds. The molecule has 2 rings (SSSR count). The summed E-state index contributed by atoms with van der Waals surface area (Å²) in [6, 6.07) is 15.9. The number of nitrogens with one attached hydrogen (secondary N) is 1. The Kier molecular flexibility index (Phi) is 7.33. The summed E-state index contributed by atoms with van der Waals surface area (Å²) in [5.41, 5.74) is 2.65. The highest BCUT2D eigenvalue weighted by Gasteiger charge is 2.03. The van der Waals surface area contributed by atoms with Crippen LogP contribution in [0.4, 0.5) is 0 Å². The molecule has 1 N–H and O–H groups in total. The standard InChI is InChI=1S/C21H27NO3/c1-16(2)18-8-6-17(7-9-18)5-4-14-22-21(23)15-25-20-12-10-19(24-3)11-13-20/h6-13,16H,4-5,14-15H2,1-3H3,(H,22,23). The Bertz CT molecular complexity index is 648. The van der Waals surface area contributed by atoms with Crippen molar-refractivity contribution < 1.29 is 14.3 Å². The van der Waals surface area contributed by atoms with Crippen molar-refractivity contribution in [2.45, 2.75) is 32.6 Å². The van der Waals surface area contributed by atoms with Gasteiger partial charge in [0.1, 0.15) is 11.5 Å². The highest BCUT2D eigenvalue weighted by molar-refractivity contribution is 5.77. The molecular weight excluding hydrogens is 314 g/mol. The number of benzene rings is 2. The lowest BCUT2D eigenvalue weighted by molar-refractivity contribution is -0.123. The molecule has 0 aliphatic carbocycles. The average molecular weight is 341 g/mol. The minimum Gasteiger partial charge on any atom is -0.497 e. The topological polar surface area (TPSA) is 47.6 Å². The molecule has 0 spiro atoms. The molecule has 2 aromatic carbocycles. The molecular formula is C21H27NO3. The Morgan fingerprint density at radius 2 is 1.64 bits per heavy atom. The predicted octanol–water partition coefficient (Wildman–Crippen LogP) is 3.95. The number of rotatable bonds is 9. The van der Waals surface area contributed by atoms with Gasteiger partial charge >= 0.3 is 0 Å². The number of aryl methyl sites for hydroxylation is 1. The molecule has 0 bridgehead atoms. The molecule has 0 saturated heterocycles. The van der Waals surface area contributed by atoms with E-state index in [4.69, 9.17) is 9.47 Å². The van der Waals surface area contributed by atoms with Gasteiger partial charge in [0.05, 0.1) is 7.11 Å². The van der Waals surface area contributed by atoms with Crippen LogP contribution in [0.2, 0.25) is 0 Å². The fourth-order valence-corrected chi connectivity index (χ4v) is 2.46. The predicted molar refractivity (Wildman–Crippen MR) is 100 cm³/mol. The maximum Gasteiger partial charge on any atom is 0.257 e. The molecule has 4 nitrogen and oxygen atoms in total. The van der Waals surface area contributed by atoms with Gasteiger partial charge in [0, 0.05) is 6.54 Å². The molecule has 0 aliphatic rings. The zero-order valence-electron chi connectivity index (χ0n) is 15.2. The van der Waals surface area contributed by atoms with E-state index in [0.29, 0.717) is 18.2 Å². The first kappa shape index (κ1) is 18.8. The van der Waals surface area contributed by atoms with Crippen molar-refractivity contribution in [1.82, 2.24) is 5.32 Å². The minimum atomic E-state index is -0.106. The van der Waals surface area contributed by atoms with Crippen LogP contribution >= 0.6 is 0 Å². The van der Waals surface area contributed by atoms with Gasteiger partial charge in [-0.05, 0) is 54.2 Å². The lowest BCUT2D eigenvalue weighted by atomic mass is 10.0. The molecule has 0 radical (unpaired) electrons. The second kappa shape index (κ2) is 9.72. The summed E-state index contributed by atoms with van der Waals surface area (Å²) >= 11 is 0. The number of carbonyl (C=O) groups is 1. The molecule has 0 aromatic heterocycles. The third-order valence-electron chi connectivity index (χ3n) is 4.04. The lowest BCUT2D eigenvalue weighted by Gasteiger charge is -2.09. The van der Waals surface area contributed by atoms with Gasteiger partial charge in [-0.1, -0.05) is 38.1 Å². The SMILES string of the molecule is COc1ccc(OCC(=O)NCCCc2ccc(C(C)C)cc2)cc1. The van der Waals surface area contributed by atoms with Crippen molar-refractivity contribution in [1.29, 1.82) is 0 Å². The number of hydrogen-bond donors (Lipinski definition) is 1. The first-order chi connectivity index (χ1) is 12.1. The van der Waals surface area contributed by atoms with Crippen LogP contribution < -0.4 is 14.8 Å². The summed E-state index contributed by atoms with van der Waals surface area (Å²) in [6.45, 7) is 5.06. The molecule has 0 fully saturated rings. The van der Waals surface area contributed by atoms with E-state index in [1.54, 1.807) is 31.4 Å². The summed E-state index contributed by atoms with van der Waals surface area (Å²) < 4.78 is 10.5. The third kappa shape index (κ3) is 6.49. The van der Waals surface area contributed by atoms with E-state index in [1.165, 1.54) is 11.1 Å². The molecule has 0 unspecified atom stereocenters. The van der Waals surface area contributed by atoms with Gasteiger partial charge in [0.25, 0.3) is 5.91 Å². The molecule has 0 aliphatic heterocycles. The molecule has 134 valence electrons. The number of hydrogen-bond acceptors (Lipinski definition) is 3. The normalized spacial score (nSPS) is 10.6. The Hall–Kier alpha value is -2.49. The highest BCUT2D eigenvalue weighted by Crippen LogP contribution is 2.17. The van der Waals surface area contributed by atoms with Crippen LogP contribution in [0.1, 0.15) is 37.3 Å². The Morgan fingerprint density at radius 3 is 2.24 bits per heavy atom. The third-order valence-corrected chi connectivity index (χ3v) is 4.04. The summed E-state index contributed by atoms with van der Waals surface area (Å²) in [5, 5.41) is 2.89. The zero-order chi connectivity index (χ0) is 18.1. The Balaban J connectivity index is 1.63. The molecule has 2 aromatic rings. The van der Waals surface area contributed by atoms with Crippen molar-refractivity contribution in [3.63, 3.8) is 0 Å². The van der Waals surface area contributed by atoms with Gasteiger partial charge in [0.2, 0.25) is 0 Å². The number of methoxy groups -OCH3 is 1. The van der Waals surface area contributed by atoms with Crippen molar-refractivity contribution in [2.75, 3.05) is 20.3 Å². The van der Waals surface area contributed by atoms with Gasteiger partial charge in [-0.15, -0.1) is 0 Å². The number of amides is 1. The number of carbonyl (C=O) groups excluding carboxylic acids is 1. The summed E-state index contributed by atoms with van der Waals surface area (Å²) in [6.07, 6.45) is 1.87. The van der Waals surface area contributed by atoms with E-state index in [9.17, 15) is 4.79 Å². The highest BCUT2D eigenvalue weighted by atomic mass is 16.5. The molecule has 0 saturated carbocycles. The molecule has 0 atom stereocenters. The summed E-state index contributed by atoms with van der Waals surface area (Å²) in [4.78, 5) is 11.8. The van der Waals surface area contributed by atoms with Gasteiger partial charge < -0.3 is 14.8 Å². The number of ether oxygens (including phenoxy) is 2. The van der Waals surface area contributed by atoms with Gasteiger partial charge in [-0.2, -0.15) is 0 Å². The van der Waals surface area contributed by atoms with E-state index in [2.05, 4.69) is 43.4 Å². The molecule has 4 heteroatoms. The largest absolute Gasteiger partial charge is 0.497 e. The second-order valence-electron chi connectivity index (χ2n) is 6.31. The van der Waals surface area contributed by atoms with E-state index in [-0.39, 0.29) is 12.5 Å². The monoisotopic (exact) mass is 341 g/mol. The minimum absolute atomic E-state index is 0.0232. The molecule has 25 heavy (non-hydrogen) atoms. The van der Waals surface area contributed by atoms with E-state index < -0.39 is 0 Å². The van der Waals surface area contributed by atoms with E-state index in [0.717, 1.165) is 18.6 Å². The van der Waals surface area contributed by atoms with Crippen LogP contribution in [-0.4, -0.2) is 26.2 Å². The smallest absolute Gasteiger partial charge is 0.257 e. The fourth-order valence-electron chi connectivity index (χ4n) is 2.46. The van der Waals surface area contributed by atoms with Crippen LogP contribution in [0.25, 0.3) is 0 Å². The van der Waals surface area contributed by atoms with Crippen molar-refractivity contribution in [3.05, 3.63) is 59.7 Å². The van der Waals surface area contributed by atoms with Crippen LogP contribution in [-0.2, 0) is 11.2 Å². The van der Waals surface area contributed by atoms with Gasteiger partial charge in [-0.3, -0.25) is 4.79 Å². The van der Waals surface area contributed by atoms with Crippen LogP contribution in [0.15, 0.2) is 48.5 Å². The van der Waals surface area contributed by atoms with E-state index >= 15 is 0 Å². The van der Waals surface area contributed by atoms with Crippen molar-refractivity contribution in [3.8, 4) is 11.5 Å². The summed E-state index contributed by atoms with van der Waals surface area (Å²) in [7, 11) is 1.61. The van der Waals surface area contributed by atoms with Crippen LogP contribution in [0, 0.1) is 0 Å². The quantitative estimate of drug-likeness (QED) is 0.703. The Morgan fingerprint density at radius 1 is 1.00 bits per heavy atom. The van der Waals surface area contributed by atoms with Gasteiger partial charge in [-0.25, -0.2) is 0 Å². The fraction of sp³-hybridized carbons (Fsp3) is 0.381. The lowest BCUT2D eigenvalue weighted by Crippen LogP contribution is -2.29. The maximum absolute atomic E-state index is 11.8. The Labute approximate surface area is 150 Å². The average Bonchev–Trinajstić information content (AvgIpc) is 2.64. The summed E-state index contributed by atoms with van der Waals surface area (Å²) in [5.74, 6) is 1.87. The first-order valence-electron chi connectivity index (χ1n) is 8.71. The molecule has 0 heterocycles. The maximum atomic E-state index is 11.8. The van der Waals surface area contributed by atoms with E-state index in [1.807, 2.05) is 0 Å². The van der Waals surface area contributed by atoms with Crippen molar-refractivity contribution >= 4 is 5.91 Å². The second-order valence-corrected chi connectivity index (χ2v) is 6.31.